The van der Waals surface area contributed by atoms with Gasteiger partial charge in [0.25, 0.3) is 0 Å². The molecule has 0 bridgehead atoms. The third kappa shape index (κ3) is 1.42. The van der Waals surface area contributed by atoms with Crippen molar-refractivity contribution in [2.24, 2.45) is 0 Å². The number of nitrogens with one attached hydrogen (secondary N) is 1. The lowest BCUT2D eigenvalue weighted by atomic mass is 9.62. The van der Waals surface area contributed by atoms with Crippen molar-refractivity contribution in [1.82, 2.24) is 5.32 Å². The molecule has 1 saturated carbocycles. The number of rotatable bonds is 2. The Balaban J connectivity index is 1.91. The molecule has 2 nitrogen and oxygen atoms in total. The highest BCUT2D eigenvalue weighted by Crippen LogP contribution is 2.49. The molecule has 1 aliphatic carbocycles. The zero-order valence-corrected chi connectivity index (χ0v) is 9.52. The molecule has 0 radical (unpaired) electrons. The average Bonchev–Trinajstić information content (AvgIpc) is 2.75. The molecule has 2 fully saturated rings. The minimum atomic E-state index is 0.254. The van der Waals surface area contributed by atoms with Crippen LogP contribution in [0.2, 0.25) is 5.22 Å². The molecule has 2 heterocycles. The summed E-state index contributed by atoms with van der Waals surface area (Å²) in [5, 5.41) is 4.13. The van der Waals surface area contributed by atoms with E-state index in [9.17, 15) is 0 Å². The molecule has 2 aliphatic rings. The Labute approximate surface area is 95.0 Å². The Bertz CT molecular complexity index is 350. The molecular weight excluding hydrogens is 210 g/mol. The lowest BCUT2D eigenvalue weighted by Crippen LogP contribution is -2.49. The molecule has 1 aromatic heterocycles. The van der Waals surface area contributed by atoms with Gasteiger partial charge in [-0.15, -0.1) is 0 Å². The second-order valence-corrected chi connectivity index (χ2v) is 5.13. The second-order valence-electron chi connectivity index (χ2n) is 4.76. The fraction of sp³-hybridized carbons (Fsp3) is 0.667. The highest BCUT2D eigenvalue weighted by molar-refractivity contribution is 6.28. The van der Waals surface area contributed by atoms with Crippen LogP contribution in [0, 0.1) is 0 Å². The first-order chi connectivity index (χ1) is 7.31. The smallest absolute Gasteiger partial charge is 0.193 e. The van der Waals surface area contributed by atoms with Crippen LogP contribution in [0.4, 0.5) is 0 Å². The number of furan rings is 1. The van der Waals surface area contributed by atoms with Gasteiger partial charge in [0.05, 0.1) is 0 Å². The first-order valence-corrected chi connectivity index (χ1v) is 6.18. The van der Waals surface area contributed by atoms with E-state index in [4.69, 9.17) is 16.0 Å². The van der Waals surface area contributed by atoms with E-state index in [-0.39, 0.29) is 5.41 Å². The molecule has 1 unspecified atom stereocenters. The Morgan fingerprint density at radius 2 is 2.20 bits per heavy atom. The fourth-order valence-corrected chi connectivity index (χ4v) is 3.21. The third-order valence-corrected chi connectivity index (χ3v) is 4.24. The lowest BCUT2D eigenvalue weighted by molar-refractivity contribution is 0.148. The highest BCUT2D eigenvalue weighted by atomic mass is 35.5. The molecule has 1 saturated heterocycles. The van der Waals surface area contributed by atoms with Crippen LogP contribution in [0.1, 0.15) is 37.9 Å². The van der Waals surface area contributed by atoms with Crippen LogP contribution in [0.15, 0.2) is 16.5 Å². The highest BCUT2D eigenvalue weighted by Gasteiger charge is 2.48. The molecule has 0 spiro atoms. The summed E-state index contributed by atoms with van der Waals surface area (Å²) in [6, 6.07) is 4.53. The van der Waals surface area contributed by atoms with Gasteiger partial charge < -0.3 is 9.73 Å². The van der Waals surface area contributed by atoms with Crippen molar-refractivity contribution in [2.75, 3.05) is 6.54 Å². The molecule has 15 heavy (non-hydrogen) atoms. The van der Waals surface area contributed by atoms with Gasteiger partial charge >= 0.3 is 0 Å². The van der Waals surface area contributed by atoms with E-state index in [2.05, 4.69) is 11.4 Å². The first kappa shape index (κ1) is 9.73. The van der Waals surface area contributed by atoms with Crippen molar-refractivity contribution < 1.29 is 4.42 Å². The quantitative estimate of drug-likeness (QED) is 0.837. The molecule has 3 rings (SSSR count). The summed E-state index contributed by atoms with van der Waals surface area (Å²) in [6.45, 7) is 1.15. The Hall–Kier alpha value is -0.470. The Morgan fingerprint density at radius 3 is 2.67 bits per heavy atom. The molecule has 3 heteroatoms. The zero-order valence-electron chi connectivity index (χ0n) is 8.76. The van der Waals surface area contributed by atoms with E-state index >= 15 is 0 Å². The van der Waals surface area contributed by atoms with Crippen LogP contribution in [0.25, 0.3) is 0 Å². The van der Waals surface area contributed by atoms with Crippen LogP contribution >= 0.6 is 11.6 Å². The monoisotopic (exact) mass is 225 g/mol. The van der Waals surface area contributed by atoms with Crippen molar-refractivity contribution in [3.8, 4) is 0 Å². The van der Waals surface area contributed by atoms with E-state index in [0.29, 0.717) is 11.3 Å². The fourth-order valence-electron chi connectivity index (χ4n) is 3.06. The van der Waals surface area contributed by atoms with Crippen molar-refractivity contribution >= 4 is 11.6 Å². The van der Waals surface area contributed by atoms with Gasteiger partial charge in [0.15, 0.2) is 5.22 Å². The van der Waals surface area contributed by atoms with Gasteiger partial charge in [-0.05, 0) is 56.0 Å². The topological polar surface area (TPSA) is 25.2 Å². The maximum atomic E-state index is 5.87. The average molecular weight is 226 g/mol. The summed E-state index contributed by atoms with van der Waals surface area (Å²) < 4.78 is 5.63. The van der Waals surface area contributed by atoms with E-state index < -0.39 is 0 Å². The van der Waals surface area contributed by atoms with Crippen LogP contribution in [-0.4, -0.2) is 12.6 Å². The lowest BCUT2D eigenvalue weighted by Gasteiger charge is -2.45. The van der Waals surface area contributed by atoms with Gasteiger partial charge in [-0.2, -0.15) is 0 Å². The molecule has 1 aromatic rings. The summed E-state index contributed by atoms with van der Waals surface area (Å²) in [5.41, 5.74) is 0.254. The molecule has 0 aromatic carbocycles. The molecule has 1 N–H and O–H groups in total. The molecule has 1 atom stereocenters. The van der Waals surface area contributed by atoms with Crippen molar-refractivity contribution in [3.63, 3.8) is 0 Å². The van der Waals surface area contributed by atoms with Gasteiger partial charge in [-0.25, -0.2) is 0 Å². The van der Waals surface area contributed by atoms with Gasteiger partial charge in [0, 0.05) is 11.5 Å². The Morgan fingerprint density at radius 1 is 1.33 bits per heavy atom. The summed E-state index contributed by atoms with van der Waals surface area (Å²) in [4.78, 5) is 0. The van der Waals surface area contributed by atoms with E-state index in [1.54, 1.807) is 0 Å². The summed E-state index contributed by atoms with van der Waals surface area (Å²) >= 11 is 5.87. The zero-order chi connectivity index (χ0) is 10.3. The van der Waals surface area contributed by atoms with Crippen molar-refractivity contribution in [2.45, 2.75) is 43.6 Å². The second kappa shape index (κ2) is 3.53. The summed E-state index contributed by atoms with van der Waals surface area (Å²) in [7, 11) is 0. The first-order valence-electron chi connectivity index (χ1n) is 5.80. The van der Waals surface area contributed by atoms with Crippen molar-refractivity contribution in [3.05, 3.63) is 23.1 Å². The van der Waals surface area contributed by atoms with Gasteiger partial charge in [0.2, 0.25) is 0 Å². The van der Waals surface area contributed by atoms with Gasteiger partial charge in [0.1, 0.15) is 5.76 Å². The summed E-state index contributed by atoms with van der Waals surface area (Å²) in [5.74, 6) is 1.10. The predicted octanol–water partition coefficient (Wildman–Crippen LogP) is 3.11. The maximum Gasteiger partial charge on any atom is 0.193 e. The summed E-state index contributed by atoms with van der Waals surface area (Å²) in [6.07, 6.45) is 6.37. The number of hydrogen-bond acceptors (Lipinski definition) is 2. The third-order valence-electron chi connectivity index (χ3n) is 4.04. The van der Waals surface area contributed by atoms with Crippen LogP contribution in [0.5, 0.6) is 0 Å². The van der Waals surface area contributed by atoms with E-state index in [1.807, 2.05) is 6.07 Å². The van der Waals surface area contributed by atoms with Crippen molar-refractivity contribution in [1.29, 1.82) is 0 Å². The normalized spacial score (nSPS) is 29.0. The molecular formula is C12H16ClNO. The minimum absolute atomic E-state index is 0.254. The number of hydrogen-bond donors (Lipinski definition) is 1. The van der Waals surface area contributed by atoms with Crippen LogP contribution < -0.4 is 5.32 Å². The SMILES string of the molecule is Clc1ccc(C2(C3CCCN3)CCC2)o1. The van der Waals surface area contributed by atoms with Crippen LogP contribution in [-0.2, 0) is 5.41 Å². The standard InChI is InChI=1S/C12H16ClNO/c13-11-5-4-10(15-11)12(6-2-7-12)9-3-1-8-14-9/h4-5,9,14H,1-3,6-8H2. The largest absolute Gasteiger partial charge is 0.449 e. The van der Waals surface area contributed by atoms with Crippen LogP contribution in [0.3, 0.4) is 0 Å². The molecule has 0 amide bonds. The maximum absolute atomic E-state index is 5.87. The number of halogens is 1. The minimum Gasteiger partial charge on any atom is -0.449 e. The molecule has 1 aliphatic heterocycles. The van der Waals surface area contributed by atoms with Gasteiger partial charge in [-0.3, -0.25) is 0 Å². The van der Waals surface area contributed by atoms with E-state index in [1.165, 1.54) is 32.1 Å². The molecule has 82 valence electrons. The predicted molar refractivity (Wildman–Crippen MR) is 60.3 cm³/mol. The van der Waals surface area contributed by atoms with E-state index in [0.717, 1.165) is 12.3 Å². The van der Waals surface area contributed by atoms with Gasteiger partial charge in [-0.1, -0.05) is 6.42 Å². The Kier molecular flexibility index (Phi) is 2.29.